The van der Waals surface area contributed by atoms with Crippen LogP contribution in [-0.2, 0) is 6.54 Å². The first-order valence-electron chi connectivity index (χ1n) is 4.79. The van der Waals surface area contributed by atoms with Gasteiger partial charge in [-0.25, -0.2) is 0 Å². The van der Waals surface area contributed by atoms with E-state index < -0.39 is 0 Å². The molecule has 2 nitrogen and oxygen atoms in total. The van der Waals surface area contributed by atoms with Crippen LogP contribution in [0, 0.1) is 0 Å². The Kier molecular flexibility index (Phi) is 4.23. The second kappa shape index (κ2) is 5.70. The minimum atomic E-state index is 0.756. The number of nitrogens with one attached hydrogen (secondary N) is 1. The lowest BCUT2D eigenvalue weighted by molar-refractivity contribution is 0.834. The molecule has 0 aliphatic rings. The minimum Gasteiger partial charge on any atom is -0.399 e. The first-order valence-corrected chi connectivity index (χ1v) is 4.79. The molecule has 2 heteroatoms. The summed E-state index contributed by atoms with van der Waals surface area (Å²) in [4.78, 5) is 0. The molecule has 3 N–H and O–H groups in total. The van der Waals surface area contributed by atoms with E-state index in [2.05, 4.69) is 18.5 Å². The highest BCUT2D eigenvalue weighted by molar-refractivity contribution is 5.39. The van der Waals surface area contributed by atoms with Crippen LogP contribution in [-0.4, -0.2) is 0 Å². The van der Waals surface area contributed by atoms with Crippen molar-refractivity contribution in [1.82, 2.24) is 5.32 Å². The Morgan fingerprint density at radius 3 is 2.47 bits per heavy atom. The SMILES string of the molecule is C=C/C=C(\C=C)NCc1ccc(N)cc1. The average molecular weight is 200 g/mol. The topological polar surface area (TPSA) is 38.0 Å². The Hall–Kier alpha value is -1.96. The van der Waals surface area contributed by atoms with Crippen molar-refractivity contribution in [3.05, 3.63) is 66.9 Å². The van der Waals surface area contributed by atoms with E-state index in [0.29, 0.717) is 0 Å². The Labute approximate surface area is 90.8 Å². The maximum Gasteiger partial charge on any atom is 0.0400 e. The number of anilines is 1. The third kappa shape index (κ3) is 3.73. The van der Waals surface area contributed by atoms with E-state index >= 15 is 0 Å². The highest BCUT2D eigenvalue weighted by Gasteiger charge is 1.92. The molecule has 0 saturated carbocycles. The average Bonchev–Trinajstić information content (AvgIpc) is 2.26. The lowest BCUT2D eigenvalue weighted by Crippen LogP contribution is -2.10. The predicted octanol–water partition coefficient (Wildman–Crippen LogP) is 2.61. The molecule has 0 unspecified atom stereocenters. The van der Waals surface area contributed by atoms with Crippen LogP contribution in [0.3, 0.4) is 0 Å². The van der Waals surface area contributed by atoms with E-state index in [1.165, 1.54) is 5.56 Å². The highest BCUT2D eigenvalue weighted by atomic mass is 14.9. The number of nitrogens with two attached hydrogens (primary N) is 1. The van der Waals surface area contributed by atoms with Gasteiger partial charge >= 0.3 is 0 Å². The van der Waals surface area contributed by atoms with Crippen LogP contribution >= 0.6 is 0 Å². The van der Waals surface area contributed by atoms with Crippen molar-refractivity contribution in [3.63, 3.8) is 0 Å². The summed E-state index contributed by atoms with van der Waals surface area (Å²) < 4.78 is 0. The summed E-state index contributed by atoms with van der Waals surface area (Å²) in [6.07, 6.45) is 5.37. The summed E-state index contributed by atoms with van der Waals surface area (Å²) in [5.41, 5.74) is 8.52. The maximum atomic E-state index is 5.60. The van der Waals surface area contributed by atoms with Crippen LogP contribution in [0.5, 0.6) is 0 Å². The van der Waals surface area contributed by atoms with Crippen molar-refractivity contribution in [3.8, 4) is 0 Å². The van der Waals surface area contributed by atoms with Crippen LogP contribution in [0.2, 0.25) is 0 Å². The second-order valence-electron chi connectivity index (χ2n) is 3.16. The van der Waals surface area contributed by atoms with Gasteiger partial charge in [0.2, 0.25) is 0 Å². The summed E-state index contributed by atoms with van der Waals surface area (Å²) in [6.45, 7) is 8.10. The summed E-state index contributed by atoms with van der Waals surface area (Å²) in [5, 5.41) is 3.24. The summed E-state index contributed by atoms with van der Waals surface area (Å²) in [7, 11) is 0. The monoisotopic (exact) mass is 200 g/mol. The van der Waals surface area contributed by atoms with Crippen LogP contribution in [0.25, 0.3) is 0 Å². The molecule has 1 aromatic rings. The molecular formula is C13H16N2. The van der Waals surface area contributed by atoms with Gasteiger partial charge in [-0.3, -0.25) is 0 Å². The zero-order valence-electron chi connectivity index (χ0n) is 8.74. The molecule has 0 atom stereocenters. The molecule has 0 fully saturated rings. The van der Waals surface area contributed by atoms with Gasteiger partial charge in [0.1, 0.15) is 0 Å². The lowest BCUT2D eigenvalue weighted by Gasteiger charge is -2.06. The molecule has 78 valence electrons. The van der Waals surface area contributed by atoms with Crippen molar-refractivity contribution in [2.75, 3.05) is 5.73 Å². The standard InChI is InChI=1S/C13H16N2/c1-3-5-13(4-2)15-10-11-6-8-12(14)9-7-11/h3-9,15H,1-2,10,14H2/b13-5+. The molecular weight excluding hydrogens is 184 g/mol. The Balaban J connectivity index is 2.56. The fourth-order valence-electron chi connectivity index (χ4n) is 1.17. The van der Waals surface area contributed by atoms with Gasteiger partial charge < -0.3 is 11.1 Å². The molecule has 0 aliphatic heterocycles. The summed E-state index contributed by atoms with van der Waals surface area (Å²) >= 11 is 0. The van der Waals surface area contributed by atoms with Gasteiger partial charge in [0, 0.05) is 17.9 Å². The number of rotatable bonds is 5. The highest BCUT2D eigenvalue weighted by Crippen LogP contribution is 2.05. The molecule has 0 aromatic heterocycles. The molecule has 0 aliphatic carbocycles. The fourth-order valence-corrected chi connectivity index (χ4v) is 1.17. The number of hydrogen-bond donors (Lipinski definition) is 2. The Morgan fingerprint density at radius 2 is 1.93 bits per heavy atom. The van der Waals surface area contributed by atoms with Crippen LogP contribution in [0.1, 0.15) is 5.56 Å². The van der Waals surface area contributed by atoms with Crippen LogP contribution in [0.4, 0.5) is 5.69 Å². The lowest BCUT2D eigenvalue weighted by atomic mass is 10.2. The number of nitrogen functional groups attached to an aromatic ring is 1. The molecule has 1 rings (SSSR count). The van der Waals surface area contributed by atoms with Crippen LogP contribution < -0.4 is 11.1 Å². The molecule has 0 radical (unpaired) electrons. The molecule has 0 spiro atoms. The van der Waals surface area contributed by atoms with E-state index in [9.17, 15) is 0 Å². The Bertz CT molecular complexity index is 361. The molecule has 1 aromatic carbocycles. The Morgan fingerprint density at radius 1 is 1.27 bits per heavy atom. The van der Waals surface area contributed by atoms with Crippen molar-refractivity contribution in [2.45, 2.75) is 6.54 Å². The van der Waals surface area contributed by atoms with Gasteiger partial charge in [0.05, 0.1) is 0 Å². The van der Waals surface area contributed by atoms with Crippen molar-refractivity contribution < 1.29 is 0 Å². The molecule has 0 heterocycles. The van der Waals surface area contributed by atoms with Crippen molar-refractivity contribution >= 4 is 5.69 Å². The molecule has 15 heavy (non-hydrogen) atoms. The van der Waals surface area contributed by atoms with Gasteiger partial charge in [0.25, 0.3) is 0 Å². The molecule has 0 saturated heterocycles. The third-order valence-corrected chi connectivity index (χ3v) is 1.99. The molecule has 0 bridgehead atoms. The first-order chi connectivity index (χ1) is 7.26. The van der Waals surface area contributed by atoms with Gasteiger partial charge in [-0.15, -0.1) is 0 Å². The van der Waals surface area contributed by atoms with Gasteiger partial charge in [-0.05, 0) is 29.8 Å². The summed E-state index contributed by atoms with van der Waals surface area (Å²) in [6, 6.07) is 7.78. The van der Waals surface area contributed by atoms with Crippen LogP contribution in [0.15, 0.2) is 61.3 Å². The maximum absolute atomic E-state index is 5.60. The van der Waals surface area contributed by atoms with Gasteiger partial charge in [-0.2, -0.15) is 0 Å². The summed E-state index contributed by atoms with van der Waals surface area (Å²) in [5.74, 6) is 0. The van der Waals surface area contributed by atoms with Crippen molar-refractivity contribution in [1.29, 1.82) is 0 Å². The predicted molar refractivity (Wildman–Crippen MR) is 66.2 cm³/mol. The quantitative estimate of drug-likeness (QED) is 0.566. The van der Waals surface area contributed by atoms with Gasteiger partial charge in [0.15, 0.2) is 0 Å². The van der Waals surface area contributed by atoms with E-state index in [0.717, 1.165) is 17.9 Å². The number of hydrogen-bond acceptors (Lipinski definition) is 2. The zero-order chi connectivity index (χ0) is 11.1. The normalized spacial score (nSPS) is 10.8. The van der Waals surface area contributed by atoms with E-state index in [1.54, 1.807) is 12.2 Å². The van der Waals surface area contributed by atoms with E-state index in [4.69, 9.17) is 5.73 Å². The zero-order valence-corrected chi connectivity index (χ0v) is 8.74. The number of allylic oxidation sites excluding steroid dienone is 3. The fraction of sp³-hybridized carbons (Fsp3) is 0.0769. The smallest absolute Gasteiger partial charge is 0.0400 e. The largest absolute Gasteiger partial charge is 0.399 e. The first kappa shape index (κ1) is 11.1. The van der Waals surface area contributed by atoms with E-state index in [1.807, 2.05) is 30.3 Å². The van der Waals surface area contributed by atoms with Gasteiger partial charge in [-0.1, -0.05) is 31.4 Å². The minimum absolute atomic E-state index is 0.756. The second-order valence-corrected chi connectivity index (χ2v) is 3.16. The number of benzene rings is 1. The molecule has 0 amide bonds. The third-order valence-electron chi connectivity index (χ3n) is 1.99. The van der Waals surface area contributed by atoms with E-state index in [-0.39, 0.29) is 0 Å². The van der Waals surface area contributed by atoms with Crippen molar-refractivity contribution in [2.24, 2.45) is 0 Å².